The Labute approximate surface area is 168 Å². The fraction of sp³-hybridized carbons (Fsp3) is 0.389. The Balaban J connectivity index is 2.18. The van der Waals surface area contributed by atoms with Crippen LogP contribution in [0.25, 0.3) is 0 Å². The van der Waals surface area contributed by atoms with Gasteiger partial charge in [-0.25, -0.2) is 8.89 Å². The van der Waals surface area contributed by atoms with E-state index in [1.165, 1.54) is 32.4 Å². The molecule has 8 nitrogen and oxygen atoms in total. The van der Waals surface area contributed by atoms with Gasteiger partial charge in [0, 0.05) is 31.2 Å². The predicted octanol–water partition coefficient (Wildman–Crippen LogP) is 2.65. The van der Waals surface area contributed by atoms with Crippen LogP contribution in [0.3, 0.4) is 0 Å². The predicted molar refractivity (Wildman–Crippen MR) is 107 cm³/mol. The first-order valence-electron chi connectivity index (χ1n) is 8.80. The maximum absolute atomic E-state index is 13.1. The summed E-state index contributed by atoms with van der Waals surface area (Å²) in [6, 6.07) is 2.82. The van der Waals surface area contributed by atoms with Crippen molar-refractivity contribution in [3.05, 3.63) is 40.0 Å². The van der Waals surface area contributed by atoms with Gasteiger partial charge in [-0.1, -0.05) is 18.0 Å². The van der Waals surface area contributed by atoms with Gasteiger partial charge < -0.3 is 10.4 Å². The topological polar surface area (TPSA) is 114 Å². The molecule has 28 heavy (non-hydrogen) atoms. The highest BCUT2D eigenvalue weighted by Gasteiger charge is 2.25. The van der Waals surface area contributed by atoms with Crippen LogP contribution in [0, 0.1) is 0 Å². The van der Waals surface area contributed by atoms with Gasteiger partial charge >= 0.3 is 0 Å². The molecule has 1 saturated heterocycles. The number of nitrogens with zero attached hydrogens (tertiary/aromatic N) is 3. The number of benzene rings is 1. The first kappa shape index (κ1) is 20.3. The maximum atomic E-state index is 13.1. The van der Waals surface area contributed by atoms with Crippen molar-refractivity contribution in [1.29, 1.82) is 0 Å². The van der Waals surface area contributed by atoms with Crippen molar-refractivity contribution >= 4 is 38.7 Å². The van der Waals surface area contributed by atoms with Crippen LogP contribution in [-0.2, 0) is 16.8 Å². The van der Waals surface area contributed by atoms with Crippen molar-refractivity contribution < 1.29 is 18.9 Å². The largest absolute Gasteiger partial charge is 0.493 e. The van der Waals surface area contributed by atoms with E-state index in [-0.39, 0.29) is 33.3 Å². The summed E-state index contributed by atoms with van der Waals surface area (Å²) in [6.07, 6.45) is 3.80. The molecule has 1 aromatic heterocycles. The van der Waals surface area contributed by atoms with Gasteiger partial charge in [-0.05, 0) is 25.0 Å². The van der Waals surface area contributed by atoms with Crippen molar-refractivity contribution in [1.82, 2.24) is 15.1 Å². The number of nitrogens with one attached hydrogen (secondary N) is 1. The van der Waals surface area contributed by atoms with Crippen LogP contribution in [0.2, 0.25) is 5.02 Å². The molecule has 1 fully saturated rings. The lowest BCUT2D eigenvalue weighted by Gasteiger charge is -2.17. The maximum Gasteiger partial charge on any atom is 0.253 e. The van der Waals surface area contributed by atoms with Gasteiger partial charge in [0.15, 0.2) is 0 Å². The molecule has 150 valence electrons. The van der Waals surface area contributed by atoms with Gasteiger partial charge in [-0.3, -0.25) is 9.59 Å². The van der Waals surface area contributed by atoms with Crippen LogP contribution in [0.4, 0.5) is 5.69 Å². The van der Waals surface area contributed by atoms with Gasteiger partial charge in [0.25, 0.3) is 5.91 Å². The zero-order valence-corrected chi connectivity index (χ0v) is 17.1. The minimum absolute atomic E-state index is 0.0232. The van der Waals surface area contributed by atoms with Gasteiger partial charge in [-0.15, -0.1) is 0 Å². The van der Waals surface area contributed by atoms with E-state index >= 15 is 0 Å². The van der Waals surface area contributed by atoms with Crippen molar-refractivity contribution in [3.63, 3.8) is 0 Å². The first-order chi connectivity index (χ1) is 13.3. The Morgan fingerprint density at radius 2 is 1.86 bits per heavy atom. The second-order valence-electron chi connectivity index (χ2n) is 6.57. The molecule has 0 radical (unpaired) electrons. The number of hydrogen-bond acceptors (Lipinski definition) is 6. The minimum Gasteiger partial charge on any atom is -0.493 e. The molecule has 1 aliphatic heterocycles. The lowest BCUT2D eigenvalue weighted by Crippen LogP contribution is -2.20. The Morgan fingerprint density at radius 3 is 2.43 bits per heavy atom. The summed E-state index contributed by atoms with van der Waals surface area (Å²) in [7, 11) is 0.405. The molecule has 0 aliphatic carbocycles. The normalized spacial score (nSPS) is 15.8. The number of hydrogen-bond donors (Lipinski definition) is 2. The highest BCUT2D eigenvalue weighted by atomic mass is 35.5. The average molecular weight is 425 g/mol. The van der Waals surface area contributed by atoms with Crippen LogP contribution in [0.1, 0.15) is 45.5 Å². The number of aryl methyl sites for hydroxylation is 1. The average Bonchev–Trinajstić information content (AvgIpc) is 3.01. The van der Waals surface area contributed by atoms with Crippen LogP contribution >= 0.6 is 11.6 Å². The SMILES string of the molecule is CNC(=O)c1ccc(C(=O)c2cnn(C)c2O)c(Cl)c1N=S1(=O)CCCCC1. The van der Waals surface area contributed by atoms with Crippen molar-refractivity contribution in [2.75, 3.05) is 18.6 Å². The number of ketones is 1. The quantitative estimate of drug-likeness (QED) is 0.732. The van der Waals surface area contributed by atoms with Gasteiger partial charge in [-0.2, -0.15) is 9.46 Å². The van der Waals surface area contributed by atoms with E-state index in [2.05, 4.69) is 14.8 Å². The molecule has 0 unspecified atom stereocenters. The number of halogens is 1. The van der Waals surface area contributed by atoms with Crippen LogP contribution in [-0.4, -0.2) is 49.3 Å². The monoisotopic (exact) mass is 424 g/mol. The summed E-state index contributed by atoms with van der Waals surface area (Å²) in [5, 5.41) is 16.3. The van der Waals surface area contributed by atoms with Crippen LogP contribution < -0.4 is 5.32 Å². The Hall–Kier alpha value is -2.39. The molecule has 3 rings (SSSR count). The molecule has 2 heterocycles. The van der Waals surface area contributed by atoms with Gasteiger partial charge in [0.05, 0.1) is 26.5 Å². The molecule has 0 spiro atoms. The molecule has 1 aliphatic rings. The summed E-state index contributed by atoms with van der Waals surface area (Å²) in [5.41, 5.74) is 0.218. The second kappa shape index (κ2) is 7.92. The Kier molecular flexibility index (Phi) is 5.76. The van der Waals surface area contributed by atoms with Crippen molar-refractivity contribution in [2.24, 2.45) is 11.4 Å². The van der Waals surface area contributed by atoms with E-state index in [0.29, 0.717) is 11.5 Å². The lowest BCUT2D eigenvalue weighted by atomic mass is 10.0. The number of amides is 1. The molecule has 0 atom stereocenters. The minimum atomic E-state index is -2.56. The molecular formula is C18H21ClN4O4S. The molecule has 0 bridgehead atoms. The van der Waals surface area contributed by atoms with Crippen LogP contribution in [0.15, 0.2) is 22.7 Å². The molecular weight excluding hydrogens is 404 g/mol. The Bertz CT molecular complexity index is 1060. The molecule has 1 amide bonds. The van der Waals surface area contributed by atoms with E-state index < -0.39 is 21.4 Å². The number of carbonyl (C=O) groups excluding carboxylic acids is 2. The highest BCUT2D eigenvalue weighted by molar-refractivity contribution is 7.93. The number of rotatable bonds is 4. The van der Waals surface area contributed by atoms with Crippen molar-refractivity contribution in [2.45, 2.75) is 19.3 Å². The third-order valence-corrected chi connectivity index (χ3v) is 7.42. The smallest absolute Gasteiger partial charge is 0.253 e. The zero-order valence-electron chi connectivity index (χ0n) is 15.6. The first-order valence-corrected chi connectivity index (χ1v) is 11.0. The van der Waals surface area contributed by atoms with E-state index in [1.54, 1.807) is 0 Å². The lowest BCUT2D eigenvalue weighted by molar-refractivity contribution is 0.0962. The van der Waals surface area contributed by atoms with Crippen LogP contribution in [0.5, 0.6) is 5.88 Å². The van der Waals surface area contributed by atoms with Crippen molar-refractivity contribution in [3.8, 4) is 5.88 Å². The zero-order chi connectivity index (χ0) is 20.5. The molecule has 0 saturated carbocycles. The molecule has 2 aromatic rings. The molecule has 1 aromatic carbocycles. The van der Waals surface area contributed by atoms with E-state index in [4.69, 9.17) is 11.6 Å². The molecule has 10 heteroatoms. The highest BCUT2D eigenvalue weighted by Crippen LogP contribution is 2.36. The third-order valence-electron chi connectivity index (χ3n) is 4.67. The third kappa shape index (κ3) is 3.77. The number of aromatic hydroxyl groups is 1. The summed E-state index contributed by atoms with van der Waals surface area (Å²) >= 11 is 6.47. The standard InChI is InChI=1S/C18H21ClN4O4S/c1-20-17(25)12-7-6-11(16(24)13-10-21-23(2)18(13)26)14(19)15(12)22-28(27)8-4-3-5-9-28/h6-7,10,26H,3-5,8-9H2,1-2H3,(H,20,25). The summed E-state index contributed by atoms with van der Waals surface area (Å²) in [6.45, 7) is 0. The summed E-state index contributed by atoms with van der Waals surface area (Å²) in [4.78, 5) is 25.1. The molecule has 2 N–H and O–H groups in total. The number of aromatic nitrogens is 2. The number of carbonyl (C=O) groups is 2. The van der Waals surface area contributed by atoms with E-state index in [1.807, 2.05) is 0 Å². The summed E-state index contributed by atoms with van der Waals surface area (Å²) in [5.74, 6) is -0.444. The van der Waals surface area contributed by atoms with Gasteiger partial charge in [0.1, 0.15) is 11.3 Å². The van der Waals surface area contributed by atoms with Gasteiger partial charge in [0.2, 0.25) is 11.7 Å². The second-order valence-corrected chi connectivity index (χ2v) is 9.49. The van der Waals surface area contributed by atoms with E-state index in [9.17, 15) is 18.9 Å². The Morgan fingerprint density at radius 1 is 1.21 bits per heavy atom. The fourth-order valence-electron chi connectivity index (χ4n) is 3.08. The fourth-order valence-corrected chi connectivity index (χ4v) is 5.64. The summed E-state index contributed by atoms with van der Waals surface area (Å²) < 4.78 is 18.6. The van der Waals surface area contributed by atoms with E-state index in [0.717, 1.165) is 23.9 Å².